The highest BCUT2D eigenvalue weighted by molar-refractivity contribution is 7.12. The van der Waals surface area contributed by atoms with Gasteiger partial charge < -0.3 is 5.11 Å². The standard InChI is InChI=1S/C9H10O3S/c10-6-7(11)3-4-8(12)9-2-1-5-13-9/h1-2,5,10H,3-4,6H2. The first-order valence-electron chi connectivity index (χ1n) is 3.93. The van der Waals surface area contributed by atoms with E-state index in [-0.39, 0.29) is 24.4 Å². The normalized spacial score (nSPS) is 9.92. The molecule has 13 heavy (non-hydrogen) atoms. The summed E-state index contributed by atoms with van der Waals surface area (Å²) >= 11 is 1.37. The van der Waals surface area contributed by atoms with Crippen LogP contribution in [0.3, 0.4) is 0 Å². The molecule has 0 spiro atoms. The fourth-order valence-corrected chi connectivity index (χ4v) is 1.59. The van der Waals surface area contributed by atoms with Crippen LogP contribution in [0, 0.1) is 0 Å². The topological polar surface area (TPSA) is 54.4 Å². The molecule has 0 amide bonds. The number of aliphatic hydroxyl groups is 1. The first kappa shape index (κ1) is 10.1. The van der Waals surface area contributed by atoms with Gasteiger partial charge in [-0.05, 0) is 11.4 Å². The molecule has 1 N–H and O–H groups in total. The first-order chi connectivity index (χ1) is 6.24. The Hall–Kier alpha value is -1.000. The molecule has 1 aromatic rings. The molecule has 0 fully saturated rings. The summed E-state index contributed by atoms with van der Waals surface area (Å²) in [6.45, 7) is -0.474. The van der Waals surface area contributed by atoms with Gasteiger partial charge in [0.25, 0.3) is 0 Å². The van der Waals surface area contributed by atoms with Crippen molar-refractivity contribution < 1.29 is 14.7 Å². The van der Waals surface area contributed by atoms with Crippen molar-refractivity contribution in [3.8, 4) is 0 Å². The molecule has 0 radical (unpaired) electrons. The van der Waals surface area contributed by atoms with E-state index in [0.717, 1.165) is 0 Å². The minimum atomic E-state index is -0.474. The van der Waals surface area contributed by atoms with Crippen molar-refractivity contribution in [2.45, 2.75) is 12.8 Å². The van der Waals surface area contributed by atoms with Crippen LogP contribution in [0.5, 0.6) is 0 Å². The molecule has 0 atom stereocenters. The molecule has 0 aliphatic heterocycles. The number of rotatable bonds is 5. The maximum atomic E-state index is 11.3. The molecule has 0 saturated carbocycles. The Bertz CT molecular complexity index is 290. The molecule has 4 heteroatoms. The SMILES string of the molecule is O=C(CO)CCC(=O)c1cccs1. The number of ketones is 2. The monoisotopic (exact) mass is 198 g/mol. The van der Waals surface area contributed by atoms with Crippen molar-refractivity contribution in [3.05, 3.63) is 22.4 Å². The third kappa shape index (κ3) is 3.08. The molecule has 0 aliphatic carbocycles. The van der Waals surface area contributed by atoms with Crippen LogP contribution in [0.25, 0.3) is 0 Å². The number of thiophene rings is 1. The molecule has 0 aromatic carbocycles. The summed E-state index contributed by atoms with van der Waals surface area (Å²) in [4.78, 5) is 22.7. The molecule has 3 nitrogen and oxygen atoms in total. The van der Waals surface area contributed by atoms with Crippen LogP contribution in [0.15, 0.2) is 17.5 Å². The number of carbonyl (C=O) groups is 2. The van der Waals surface area contributed by atoms with Gasteiger partial charge in [0, 0.05) is 12.8 Å². The fourth-order valence-electron chi connectivity index (χ4n) is 0.892. The van der Waals surface area contributed by atoms with Crippen LogP contribution in [0.1, 0.15) is 22.5 Å². The summed E-state index contributed by atoms with van der Waals surface area (Å²) in [5, 5.41) is 10.2. The lowest BCUT2D eigenvalue weighted by atomic mass is 10.1. The molecule has 0 aliphatic rings. The van der Waals surface area contributed by atoms with E-state index in [1.165, 1.54) is 11.3 Å². The van der Waals surface area contributed by atoms with Gasteiger partial charge >= 0.3 is 0 Å². The second-order valence-corrected chi connectivity index (χ2v) is 3.54. The van der Waals surface area contributed by atoms with Crippen LogP contribution in [-0.4, -0.2) is 23.3 Å². The summed E-state index contributed by atoms with van der Waals surface area (Å²) < 4.78 is 0. The predicted molar refractivity (Wildman–Crippen MR) is 50.0 cm³/mol. The number of hydrogen-bond donors (Lipinski definition) is 1. The minimum Gasteiger partial charge on any atom is -0.389 e. The zero-order valence-electron chi connectivity index (χ0n) is 7.03. The van der Waals surface area contributed by atoms with Gasteiger partial charge in [0.15, 0.2) is 11.6 Å². The Kier molecular flexibility index (Phi) is 3.79. The highest BCUT2D eigenvalue weighted by Gasteiger charge is 2.08. The van der Waals surface area contributed by atoms with Crippen LogP contribution in [0.2, 0.25) is 0 Å². The van der Waals surface area contributed by atoms with Crippen LogP contribution in [0.4, 0.5) is 0 Å². The molecule has 0 bridgehead atoms. The molecule has 0 unspecified atom stereocenters. The van der Waals surface area contributed by atoms with E-state index >= 15 is 0 Å². The third-order valence-corrected chi connectivity index (χ3v) is 2.51. The Balaban J connectivity index is 2.39. The molecule has 1 rings (SSSR count). The average molecular weight is 198 g/mol. The Morgan fingerprint density at radius 2 is 2.15 bits per heavy atom. The van der Waals surface area contributed by atoms with Gasteiger partial charge in [0.05, 0.1) is 4.88 Å². The molecule has 1 aromatic heterocycles. The Morgan fingerprint density at radius 1 is 1.38 bits per heavy atom. The van der Waals surface area contributed by atoms with E-state index < -0.39 is 6.61 Å². The smallest absolute Gasteiger partial charge is 0.173 e. The quantitative estimate of drug-likeness (QED) is 0.725. The lowest BCUT2D eigenvalue weighted by molar-refractivity contribution is -0.121. The lowest BCUT2D eigenvalue weighted by Crippen LogP contribution is -2.06. The zero-order valence-corrected chi connectivity index (χ0v) is 7.84. The second kappa shape index (κ2) is 4.89. The van der Waals surface area contributed by atoms with E-state index in [0.29, 0.717) is 4.88 Å². The summed E-state index contributed by atoms with van der Waals surface area (Å²) in [5.41, 5.74) is 0. The Labute approximate surface area is 80.0 Å². The van der Waals surface area contributed by atoms with E-state index in [4.69, 9.17) is 5.11 Å². The van der Waals surface area contributed by atoms with Crippen molar-refractivity contribution in [2.24, 2.45) is 0 Å². The van der Waals surface area contributed by atoms with Crippen molar-refractivity contribution in [3.63, 3.8) is 0 Å². The number of aliphatic hydroxyl groups excluding tert-OH is 1. The average Bonchev–Trinajstić information content (AvgIpc) is 2.66. The minimum absolute atomic E-state index is 0.0307. The Morgan fingerprint density at radius 3 is 2.69 bits per heavy atom. The molecular formula is C9H10O3S. The summed E-state index contributed by atoms with van der Waals surface area (Å²) in [7, 11) is 0. The van der Waals surface area contributed by atoms with Crippen molar-refractivity contribution in [1.82, 2.24) is 0 Å². The number of carbonyl (C=O) groups excluding carboxylic acids is 2. The summed E-state index contributed by atoms with van der Waals surface area (Å²) in [6, 6.07) is 3.53. The van der Waals surface area contributed by atoms with Crippen molar-refractivity contribution in [2.75, 3.05) is 6.61 Å². The summed E-state index contributed by atoms with van der Waals surface area (Å²) in [5.74, 6) is -0.318. The third-order valence-electron chi connectivity index (χ3n) is 1.60. The highest BCUT2D eigenvalue weighted by atomic mass is 32.1. The van der Waals surface area contributed by atoms with Crippen LogP contribution in [-0.2, 0) is 4.79 Å². The van der Waals surface area contributed by atoms with Gasteiger partial charge in [-0.2, -0.15) is 0 Å². The molecule has 70 valence electrons. The van der Waals surface area contributed by atoms with Gasteiger partial charge in [-0.25, -0.2) is 0 Å². The maximum Gasteiger partial charge on any atom is 0.173 e. The highest BCUT2D eigenvalue weighted by Crippen LogP contribution is 2.12. The van der Waals surface area contributed by atoms with E-state index in [9.17, 15) is 9.59 Å². The lowest BCUT2D eigenvalue weighted by Gasteiger charge is -1.95. The number of Topliss-reactive ketones (excluding diaryl/α,β-unsaturated/α-hetero) is 2. The van der Waals surface area contributed by atoms with Gasteiger partial charge in [-0.15, -0.1) is 11.3 Å². The zero-order chi connectivity index (χ0) is 9.68. The predicted octanol–water partition coefficient (Wildman–Crippen LogP) is 1.27. The second-order valence-electron chi connectivity index (χ2n) is 2.60. The molecule has 0 saturated heterocycles. The van der Waals surface area contributed by atoms with Crippen LogP contribution < -0.4 is 0 Å². The van der Waals surface area contributed by atoms with E-state index in [1.54, 1.807) is 12.1 Å². The van der Waals surface area contributed by atoms with Gasteiger partial charge in [0.1, 0.15) is 6.61 Å². The maximum absolute atomic E-state index is 11.3. The largest absolute Gasteiger partial charge is 0.389 e. The molecule has 1 heterocycles. The van der Waals surface area contributed by atoms with Crippen molar-refractivity contribution >= 4 is 22.9 Å². The van der Waals surface area contributed by atoms with E-state index in [2.05, 4.69) is 0 Å². The van der Waals surface area contributed by atoms with Gasteiger partial charge in [0.2, 0.25) is 0 Å². The van der Waals surface area contributed by atoms with Crippen molar-refractivity contribution in [1.29, 1.82) is 0 Å². The van der Waals surface area contributed by atoms with Gasteiger partial charge in [-0.3, -0.25) is 9.59 Å². The van der Waals surface area contributed by atoms with Crippen LogP contribution >= 0.6 is 11.3 Å². The summed E-state index contributed by atoms with van der Waals surface area (Å²) in [6.07, 6.45) is 0.327. The van der Waals surface area contributed by atoms with Gasteiger partial charge in [-0.1, -0.05) is 6.07 Å². The first-order valence-corrected chi connectivity index (χ1v) is 4.81. The van der Waals surface area contributed by atoms with E-state index in [1.807, 2.05) is 5.38 Å². The fraction of sp³-hybridized carbons (Fsp3) is 0.333. The number of hydrogen-bond acceptors (Lipinski definition) is 4. The molecular weight excluding hydrogens is 188 g/mol.